The highest BCUT2D eigenvalue weighted by Crippen LogP contribution is 2.27. The van der Waals surface area contributed by atoms with Crippen LogP contribution in [0.5, 0.6) is 0 Å². The highest BCUT2D eigenvalue weighted by atomic mass is 35.5. The number of carbonyl (C=O) groups is 1. The number of rotatable bonds is 4. The van der Waals surface area contributed by atoms with Crippen LogP contribution in [0.4, 0.5) is 4.39 Å². The Morgan fingerprint density at radius 3 is 2.43 bits per heavy atom. The predicted octanol–water partition coefficient (Wildman–Crippen LogP) is 4.24. The highest BCUT2D eigenvalue weighted by molar-refractivity contribution is 7.92. The van der Waals surface area contributed by atoms with Gasteiger partial charge in [0.25, 0.3) is 0 Å². The van der Waals surface area contributed by atoms with Gasteiger partial charge in [-0.1, -0.05) is 23.2 Å². The van der Waals surface area contributed by atoms with Gasteiger partial charge < -0.3 is 0 Å². The van der Waals surface area contributed by atoms with E-state index in [2.05, 4.69) is 0 Å². The van der Waals surface area contributed by atoms with Crippen LogP contribution in [0.3, 0.4) is 0 Å². The molecule has 0 radical (unpaired) electrons. The van der Waals surface area contributed by atoms with Crippen LogP contribution < -0.4 is 0 Å². The Hall–Kier alpha value is -0.950. The molecule has 0 aliphatic heterocycles. The minimum absolute atomic E-state index is 0.197. The van der Waals surface area contributed by atoms with E-state index in [0.717, 1.165) is 29.5 Å². The number of halogens is 3. The third-order valence-electron chi connectivity index (χ3n) is 2.87. The van der Waals surface area contributed by atoms with Gasteiger partial charge in [-0.05, 0) is 37.3 Å². The zero-order valence-electron chi connectivity index (χ0n) is 10.6. The average molecular weight is 367 g/mol. The largest absolute Gasteiger partial charge is 0.292 e. The molecule has 0 amide bonds. The van der Waals surface area contributed by atoms with Crippen molar-refractivity contribution in [3.05, 3.63) is 50.4 Å². The number of sulfone groups is 1. The Morgan fingerprint density at radius 1 is 1.24 bits per heavy atom. The van der Waals surface area contributed by atoms with Crippen molar-refractivity contribution >= 4 is 50.2 Å². The molecule has 2 rings (SSSR count). The van der Waals surface area contributed by atoms with E-state index < -0.39 is 26.7 Å². The van der Waals surface area contributed by atoms with Gasteiger partial charge in [-0.15, -0.1) is 11.3 Å². The smallest absolute Gasteiger partial charge is 0.191 e. The van der Waals surface area contributed by atoms with E-state index in [-0.39, 0.29) is 14.8 Å². The van der Waals surface area contributed by atoms with Crippen molar-refractivity contribution in [3.63, 3.8) is 0 Å². The van der Waals surface area contributed by atoms with Crippen LogP contribution in [-0.4, -0.2) is 19.5 Å². The standard InChI is InChI=1S/C13H9Cl2FO3S2/c1-7(13(17)11-4-5-12(15)20-11)21(18,19)8-2-3-10(16)9(14)6-8/h2-7H,1H3. The van der Waals surface area contributed by atoms with Crippen molar-refractivity contribution in [2.24, 2.45) is 0 Å². The lowest BCUT2D eigenvalue weighted by molar-refractivity contribution is 0.0995. The summed E-state index contributed by atoms with van der Waals surface area (Å²) in [5.74, 6) is -1.29. The highest BCUT2D eigenvalue weighted by Gasteiger charge is 2.31. The number of hydrogen-bond donors (Lipinski definition) is 0. The third-order valence-corrected chi connectivity index (χ3v) is 6.46. The number of hydrogen-bond acceptors (Lipinski definition) is 4. The first-order valence-electron chi connectivity index (χ1n) is 5.72. The first-order chi connectivity index (χ1) is 9.73. The van der Waals surface area contributed by atoms with Crippen molar-refractivity contribution < 1.29 is 17.6 Å². The maximum absolute atomic E-state index is 13.1. The zero-order valence-corrected chi connectivity index (χ0v) is 13.8. The molecule has 1 aromatic heterocycles. The van der Waals surface area contributed by atoms with Crippen molar-refractivity contribution in [1.82, 2.24) is 0 Å². The lowest BCUT2D eigenvalue weighted by Gasteiger charge is -2.11. The normalized spacial score (nSPS) is 13.1. The van der Waals surface area contributed by atoms with Crippen LogP contribution in [0.2, 0.25) is 9.36 Å². The van der Waals surface area contributed by atoms with E-state index in [4.69, 9.17) is 23.2 Å². The topological polar surface area (TPSA) is 51.2 Å². The van der Waals surface area contributed by atoms with Crippen LogP contribution in [-0.2, 0) is 9.84 Å². The Morgan fingerprint density at radius 2 is 1.90 bits per heavy atom. The summed E-state index contributed by atoms with van der Waals surface area (Å²) in [7, 11) is -3.95. The quantitative estimate of drug-likeness (QED) is 0.600. The lowest BCUT2D eigenvalue weighted by atomic mass is 10.2. The summed E-state index contributed by atoms with van der Waals surface area (Å²) in [5, 5.41) is -1.62. The molecule has 1 unspecified atom stereocenters. The molecule has 2 aromatic rings. The van der Waals surface area contributed by atoms with Gasteiger partial charge in [-0.25, -0.2) is 12.8 Å². The van der Waals surface area contributed by atoms with E-state index in [1.165, 1.54) is 19.1 Å². The van der Waals surface area contributed by atoms with E-state index in [1.54, 1.807) is 0 Å². The molecule has 0 bridgehead atoms. The number of benzene rings is 1. The van der Waals surface area contributed by atoms with Gasteiger partial charge in [0.1, 0.15) is 11.1 Å². The maximum atomic E-state index is 13.1. The van der Waals surface area contributed by atoms with Crippen LogP contribution in [0.1, 0.15) is 16.6 Å². The molecule has 3 nitrogen and oxygen atoms in total. The van der Waals surface area contributed by atoms with Gasteiger partial charge in [0.05, 0.1) is 19.1 Å². The Bertz CT molecular complexity index is 799. The summed E-state index contributed by atoms with van der Waals surface area (Å²) in [5.41, 5.74) is 0. The van der Waals surface area contributed by atoms with E-state index in [1.807, 2.05) is 0 Å². The number of Topliss-reactive ketones (excluding diaryl/α,β-unsaturated/α-hetero) is 1. The molecule has 0 aliphatic rings. The zero-order chi connectivity index (χ0) is 15.8. The minimum atomic E-state index is -3.95. The number of thiophene rings is 1. The maximum Gasteiger partial charge on any atom is 0.191 e. The van der Waals surface area contributed by atoms with Crippen LogP contribution in [0.25, 0.3) is 0 Å². The summed E-state index contributed by atoms with van der Waals surface area (Å²) in [6.45, 7) is 1.28. The monoisotopic (exact) mass is 366 g/mol. The SMILES string of the molecule is CC(C(=O)c1ccc(Cl)s1)S(=O)(=O)c1ccc(F)c(Cl)c1. The predicted molar refractivity (Wildman–Crippen MR) is 81.7 cm³/mol. The average Bonchev–Trinajstić information content (AvgIpc) is 2.86. The fraction of sp³-hybridized carbons (Fsp3) is 0.154. The summed E-state index contributed by atoms with van der Waals surface area (Å²) >= 11 is 12.3. The molecule has 0 spiro atoms. The van der Waals surface area contributed by atoms with Crippen LogP contribution >= 0.6 is 34.5 Å². The Balaban J connectivity index is 2.38. The third kappa shape index (κ3) is 3.29. The first kappa shape index (κ1) is 16.4. The number of ketones is 1. The first-order valence-corrected chi connectivity index (χ1v) is 8.84. The van der Waals surface area contributed by atoms with Gasteiger partial charge in [0.15, 0.2) is 15.6 Å². The van der Waals surface area contributed by atoms with Gasteiger partial charge >= 0.3 is 0 Å². The second-order valence-corrected chi connectivity index (χ2v) is 8.62. The minimum Gasteiger partial charge on any atom is -0.292 e. The van der Waals surface area contributed by atoms with Gasteiger partial charge in [0, 0.05) is 0 Å². The molecule has 112 valence electrons. The van der Waals surface area contributed by atoms with Crippen molar-refractivity contribution in [2.45, 2.75) is 17.1 Å². The molecule has 0 saturated carbocycles. The molecule has 0 N–H and O–H groups in total. The molecule has 1 aromatic carbocycles. The summed E-state index contributed by atoms with van der Waals surface area (Å²) in [6, 6.07) is 6.03. The van der Waals surface area contributed by atoms with E-state index in [0.29, 0.717) is 4.34 Å². The summed E-state index contributed by atoms with van der Waals surface area (Å²) < 4.78 is 38.3. The number of carbonyl (C=O) groups excluding carboxylic acids is 1. The molecule has 8 heteroatoms. The molecular weight excluding hydrogens is 358 g/mol. The van der Waals surface area contributed by atoms with Crippen molar-refractivity contribution in [2.75, 3.05) is 0 Å². The molecular formula is C13H9Cl2FO3S2. The molecule has 1 heterocycles. The second-order valence-electron chi connectivity index (χ2n) is 4.23. The second kappa shape index (κ2) is 6.04. The Labute approximate surface area is 135 Å². The summed E-state index contributed by atoms with van der Waals surface area (Å²) in [4.78, 5) is 12.3. The van der Waals surface area contributed by atoms with Crippen molar-refractivity contribution in [1.29, 1.82) is 0 Å². The summed E-state index contributed by atoms with van der Waals surface area (Å²) in [6.07, 6.45) is 0. The van der Waals surface area contributed by atoms with E-state index in [9.17, 15) is 17.6 Å². The van der Waals surface area contributed by atoms with Gasteiger partial charge in [-0.3, -0.25) is 4.79 Å². The molecule has 21 heavy (non-hydrogen) atoms. The molecule has 0 fully saturated rings. The van der Waals surface area contributed by atoms with Gasteiger partial charge in [0.2, 0.25) is 0 Å². The fourth-order valence-electron chi connectivity index (χ4n) is 1.65. The Kier molecular flexibility index (Phi) is 4.72. The van der Waals surface area contributed by atoms with Crippen molar-refractivity contribution in [3.8, 4) is 0 Å². The molecule has 1 atom stereocenters. The lowest BCUT2D eigenvalue weighted by Crippen LogP contribution is -2.27. The van der Waals surface area contributed by atoms with Crippen LogP contribution in [0.15, 0.2) is 35.2 Å². The van der Waals surface area contributed by atoms with Gasteiger partial charge in [-0.2, -0.15) is 0 Å². The van der Waals surface area contributed by atoms with E-state index >= 15 is 0 Å². The van der Waals surface area contributed by atoms with Crippen LogP contribution in [0, 0.1) is 5.82 Å². The molecule has 0 saturated heterocycles. The fourth-order valence-corrected chi connectivity index (χ4v) is 4.39. The molecule has 0 aliphatic carbocycles.